The minimum absolute atomic E-state index is 0.0258. The SMILES string of the molecule is C=CC1=CCC2C(=O)C(C)=CC(=O)C2(C)C1C=Cc1cc(OC)c(O)c(OC)c1. The van der Waals surface area contributed by atoms with E-state index in [-0.39, 0.29) is 29.2 Å². The van der Waals surface area contributed by atoms with Crippen molar-refractivity contribution in [3.05, 3.63) is 59.7 Å². The van der Waals surface area contributed by atoms with Gasteiger partial charge in [-0.1, -0.05) is 37.8 Å². The van der Waals surface area contributed by atoms with Crippen molar-refractivity contribution in [1.29, 1.82) is 0 Å². The molecule has 0 aliphatic heterocycles. The zero-order chi connectivity index (χ0) is 21.3. The highest BCUT2D eigenvalue weighted by molar-refractivity contribution is 6.12. The Hall–Kier alpha value is -3.08. The van der Waals surface area contributed by atoms with Crippen LogP contribution in [0, 0.1) is 17.3 Å². The lowest BCUT2D eigenvalue weighted by Gasteiger charge is -2.45. The van der Waals surface area contributed by atoms with Gasteiger partial charge in [0.1, 0.15) is 0 Å². The van der Waals surface area contributed by atoms with E-state index in [2.05, 4.69) is 6.58 Å². The number of Topliss-reactive ketones (excluding diaryl/α,β-unsaturated/α-hetero) is 1. The van der Waals surface area contributed by atoms with E-state index in [1.807, 2.05) is 25.2 Å². The smallest absolute Gasteiger partial charge is 0.200 e. The van der Waals surface area contributed by atoms with Crippen LogP contribution in [0.15, 0.2) is 54.2 Å². The molecule has 29 heavy (non-hydrogen) atoms. The lowest BCUT2D eigenvalue weighted by atomic mass is 9.55. The molecule has 3 unspecified atom stereocenters. The van der Waals surface area contributed by atoms with E-state index in [0.717, 1.165) is 11.1 Å². The molecule has 152 valence electrons. The Bertz CT molecular complexity index is 940. The van der Waals surface area contributed by atoms with Gasteiger partial charge in [0, 0.05) is 11.8 Å². The highest BCUT2D eigenvalue weighted by atomic mass is 16.5. The second-order valence-electron chi connectivity index (χ2n) is 7.65. The minimum Gasteiger partial charge on any atom is -0.502 e. The van der Waals surface area contributed by atoms with Crippen LogP contribution < -0.4 is 9.47 Å². The summed E-state index contributed by atoms with van der Waals surface area (Å²) in [6.07, 6.45) is 9.51. The van der Waals surface area contributed by atoms with Gasteiger partial charge in [0.25, 0.3) is 0 Å². The first-order valence-corrected chi connectivity index (χ1v) is 9.50. The molecule has 0 saturated carbocycles. The Kier molecular flexibility index (Phi) is 5.51. The van der Waals surface area contributed by atoms with Gasteiger partial charge in [0.15, 0.2) is 23.1 Å². The third-order valence-electron chi connectivity index (χ3n) is 6.12. The van der Waals surface area contributed by atoms with Gasteiger partial charge in [-0.25, -0.2) is 0 Å². The number of allylic oxidation sites excluding steroid dienone is 6. The number of hydrogen-bond donors (Lipinski definition) is 1. The molecule has 0 aromatic heterocycles. The summed E-state index contributed by atoms with van der Waals surface area (Å²) in [5.74, 6) is -0.192. The Balaban J connectivity index is 2.07. The van der Waals surface area contributed by atoms with Crippen LogP contribution in [0.5, 0.6) is 17.2 Å². The first-order valence-electron chi connectivity index (χ1n) is 9.50. The van der Waals surface area contributed by atoms with Crippen molar-refractivity contribution < 1.29 is 24.2 Å². The maximum absolute atomic E-state index is 13.0. The average molecular weight is 394 g/mol. The van der Waals surface area contributed by atoms with Crippen molar-refractivity contribution >= 4 is 17.6 Å². The molecule has 1 aromatic carbocycles. The van der Waals surface area contributed by atoms with Crippen LogP contribution in [0.2, 0.25) is 0 Å². The summed E-state index contributed by atoms with van der Waals surface area (Å²) in [4.78, 5) is 25.8. The van der Waals surface area contributed by atoms with Gasteiger partial charge >= 0.3 is 0 Å². The molecule has 3 atom stereocenters. The third kappa shape index (κ3) is 3.31. The number of rotatable bonds is 5. The summed E-state index contributed by atoms with van der Waals surface area (Å²) in [6, 6.07) is 3.37. The lowest BCUT2D eigenvalue weighted by Crippen LogP contribution is -2.49. The zero-order valence-corrected chi connectivity index (χ0v) is 17.2. The summed E-state index contributed by atoms with van der Waals surface area (Å²) in [7, 11) is 2.93. The van der Waals surface area contributed by atoms with E-state index in [0.29, 0.717) is 23.5 Å². The number of ether oxygens (including phenoxy) is 2. The van der Waals surface area contributed by atoms with Crippen molar-refractivity contribution in [2.75, 3.05) is 14.2 Å². The maximum atomic E-state index is 13.0. The molecule has 0 fully saturated rings. The largest absolute Gasteiger partial charge is 0.502 e. The fourth-order valence-electron chi connectivity index (χ4n) is 4.33. The first kappa shape index (κ1) is 20.6. The van der Waals surface area contributed by atoms with Gasteiger partial charge in [-0.2, -0.15) is 0 Å². The second kappa shape index (κ2) is 7.74. The molecule has 0 spiro atoms. The van der Waals surface area contributed by atoms with E-state index >= 15 is 0 Å². The lowest BCUT2D eigenvalue weighted by molar-refractivity contribution is -0.138. The summed E-state index contributed by atoms with van der Waals surface area (Å²) in [6.45, 7) is 7.46. The fraction of sp³-hybridized carbons (Fsp3) is 0.333. The van der Waals surface area contributed by atoms with Crippen LogP contribution in [-0.2, 0) is 9.59 Å². The topological polar surface area (TPSA) is 72.8 Å². The molecule has 0 saturated heterocycles. The molecule has 1 N–H and O–H groups in total. The van der Waals surface area contributed by atoms with Crippen molar-refractivity contribution in [2.45, 2.75) is 20.3 Å². The van der Waals surface area contributed by atoms with E-state index in [1.54, 1.807) is 25.1 Å². The normalized spacial score (nSPS) is 26.6. The van der Waals surface area contributed by atoms with E-state index < -0.39 is 5.41 Å². The van der Waals surface area contributed by atoms with Crippen LogP contribution in [0.25, 0.3) is 6.08 Å². The van der Waals surface area contributed by atoms with Gasteiger partial charge in [-0.15, -0.1) is 0 Å². The fourth-order valence-corrected chi connectivity index (χ4v) is 4.33. The Labute approximate surface area is 171 Å². The average Bonchev–Trinajstić information content (AvgIpc) is 2.71. The number of hydrogen-bond acceptors (Lipinski definition) is 5. The van der Waals surface area contributed by atoms with Crippen LogP contribution in [0.1, 0.15) is 25.8 Å². The molecule has 3 rings (SSSR count). The predicted molar refractivity (Wildman–Crippen MR) is 112 cm³/mol. The molecule has 2 aliphatic carbocycles. The quantitative estimate of drug-likeness (QED) is 0.807. The molecule has 0 radical (unpaired) electrons. The number of benzene rings is 1. The standard InChI is InChI=1S/C24H26O5/c1-6-16-8-10-18-22(26)14(2)11-21(25)24(18,3)17(16)9-7-15-12-19(28-4)23(27)20(13-15)29-5/h6-9,11-13,17-18,27H,1,10H2,2-5H3. The highest BCUT2D eigenvalue weighted by Crippen LogP contribution is 2.51. The summed E-state index contributed by atoms with van der Waals surface area (Å²) in [5.41, 5.74) is 1.32. The van der Waals surface area contributed by atoms with Gasteiger partial charge < -0.3 is 14.6 Å². The number of carbonyl (C=O) groups is 2. The summed E-state index contributed by atoms with van der Waals surface area (Å²) < 4.78 is 10.4. The van der Waals surface area contributed by atoms with Gasteiger partial charge in [0.05, 0.1) is 19.6 Å². The number of aromatic hydroxyl groups is 1. The summed E-state index contributed by atoms with van der Waals surface area (Å²) >= 11 is 0. The maximum Gasteiger partial charge on any atom is 0.200 e. The van der Waals surface area contributed by atoms with Crippen LogP contribution in [0.4, 0.5) is 0 Å². The molecule has 0 amide bonds. The predicted octanol–water partition coefficient (Wildman–Crippen LogP) is 4.28. The zero-order valence-electron chi connectivity index (χ0n) is 17.2. The number of methoxy groups -OCH3 is 2. The van der Waals surface area contributed by atoms with Crippen molar-refractivity contribution in [3.8, 4) is 17.2 Å². The van der Waals surface area contributed by atoms with Crippen molar-refractivity contribution in [1.82, 2.24) is 0 Å². The van der Waals surface area contributed by atoms with E-state index in [9.17, 15) is 14.7 Å². The van der Waals surface area contributed by atoms with E-state index in [1.165, 1.54) is 20.3 Å². The van der Waals surface area contributed by atoms with Gasteiger partial charge in [-0.05, 0) is 48.3 Å². The molecule has 2 aliphatic rings. The van der Waals surface area contributed by atoms with E-state index in [4.69, 9.17) is 9.47 Å². The minimum atomic E-state index is -0.865. The number of phenolic OH excluding ortho intramolecular Hbond substituents is 1. The van der Waals surface area contributed by atoms with Gasteiger partial charge in [-0.3, -0.25) is 9.59 Å². The number of carbonyl (C=O) groups excluding carboxylic acids is 2. The highest BCUT2D eigenvalue weighted by Gasteiger charge is 2.53. The molecule has 5 heteroatoms. The molecular formula is C24H26O5. The number of ketones is 2. The Morgan fingerprint density at radius 1 is 1.21 bits per heavy atom. The molecule has 0 heterocycles. The first-order chi connectivity index (χ1) is 13.8. The summed E-state index contributed by atoms with van der Waals surface area (Å²) in [5, 5.41) is 10.1. The number of fused-ring (bicyclic) bond motifs is 1. The molecular weight excluding hydrogens is 368 g/mol. The molecule has 1 aromatic rings. The third-order valence-corrected chi connectivity index (χ3v) is 6.12. The van der Waals surface area contributed by atoms with Crippen LogP contribution in [0.3, 0.4) is 0 Å². The Morgan fingerprint density at radius 2 is 1.83 bits per heavy atom. The van der Waals surface area contributed by atoms with Crippen molar-refractivity contribution in [2.24, 2.45) is 17.3 Å². The van der Waals surface area contributed by atoms with Crippen molar-refractivity contribution in [3.63, 3.8) is 0 Å². The molecule has 5 nitrogen and oxygen atoms in total. The Morgan fingerprint density at radius 3 is 2.38 bits per heavy atom. The van der Waals surface area contributed by atoms with Crippen LogP contribution in [-0.4, -0.2) is 30.9 Å². The second-order valence-corrected chi connectivity index (χ2v) is 7.65. The van der Waals surface area contributed by atoms with Crippen LogP contribution >= 0.6 is 0 Å². The number of phenols is 1. The van der Waals surface area contributed by atoms with Gasteiger partial charge in [0.2, 0.25) is 5.75 Å². The monoisotopic (exact) mass is 394 g/mol. The molecule has 0 bridgehead atoms.